The largest absolute Gasteiger partial charge is 0.305 e. The summed E-state index contributed by atoms with van der Waals surface area (Å²) in [6, 6.07) is 0. The van der Waals surface area contributed by atoms with Crippen LogP contribution in [-0.4, -0.2) is 38.0 Å². The van der Waals surface area contributed by atoms with E-state index >= 15 is 0 Å². The first-order valence-corrected chi connectivity index (χ1v) is 6.90. The fourth-order valence-electron chi connectivity index (χ4n) is 1.63. The highest BCUT2D eigenvalue weighted by atomic mass is 35.5. The fourth-order valence-corrected chi connectivity index (χ4v) is 2.80. The van der Waals surface area contributed by atoms with Gasteiger partial charge in [-0.1, -0.05) is 46.4 Å². The number of halogens is 4. The van der Waals surface area contributed by atoms with Crippen LogP contribution in [0.15, 0.2) is 0 Å². The third-order valence-electron chi connectivity index (χ3n) is 2.39. The summed E-state index contributed by atoms with van der Waals surface area (Å²) in [4.78, 5) is 3.93. The lowest BCUT2D eigenvalue weighted by Gasteiger charge is -2.20. The molecule has 0 N–H and O–H groups in total. The molecule has 0 saturated heterocycles. The smallest absolute Gasteiger partial charge is 0.0656 e. The lowest BCUT2D eigenvalue weighted by molar-refractivity contribution is 0.399. The molecule has 2 nitrogen and oxygen atoms in total. The molecule has 0 aliphatic carbocycles. The summed E-state index contributed by atoms with van der Waals surface area (Å²) >= 11 is 25.1. The van der Waals surface area contributed by atoms with E-state index in [4.69, 9.17) is 46.4 Å². The topological polar surface area (TPSA) is 6.48 Å². The van der Waals surface area contributed by atoms with Gasteiger partial charge in [0.25, 0.3) is 0 Å². The predicted molar refractivity (Wildman–Crippen MR) is 81.3 cm³/mol. The third-order valence-corrected chi connectivity index (χ3v) is 4.26. The van der Waals surface area contributed by atoms with Crippen LogP contribution in [0.2, 0.25) is 20.1 Å². The van der Waals surface area contributed by atoms with E-state index in [1.807, 2.05) is 38.0 Å². The van der Waals surface area contributed by atoms with Crippen LogP contribution >= 0.6 is 46.4 Å². The molecule has 0 spiro atoms. The molecular formula is C12H16Cl4N2. The molecule has 6 heteroatoms. The van der Waals surface area contributed by atoms with Crippen LogP contribution in [0.3, 0.4) is 0 Å². The summed E-state index contributed by atoms with van der Waals surface area (Å²) in [6.07, 6.45) is 0. The second-order valence-corrected chi connectivity index (χ2v) is 6.20. The lowest BCUT2D eigenvalue weighted by Crippen LogP contribution is -2.14. The van der Waals surface area contributed by atoms with E-state index < -0.39 is 0 Å². The zero-order valence-corrected chi connectivity index (χ0v) is 13.8. The Morgan fingerprint density at radius 2 is 0.833 bits per heavy atom. The highest BCUT2D eigenvalue weighted by Gasteiger charge is 2.20. The van der Waals surface area contributed by atoms with Crippen LogP contribution in [0.4, 0.5) is 0 Å². The van der Waals surface area contributed by atoms with Crippen LogP contribution in [-0.2, 0) is 13.1 Å². The lowest BCUT2D eigenvalue weighted by atomic mass is 10.1. The van der Waals surface area contributed by atoms with Gasteiger partial charge in [0.1, 0.15) is 0 Å². The van der Waals surface area contributed by atoms with Crippen LogP contribution < -0.4 is 0 Å². The molecule has 0 bridgehead atoms. The van der Waals surface area contributed by atoms with Crippen LogP contribution in [0.5, 0.6) is 0 Å². The van der Waals surface area contributed by atoms with Crippen molar-refractivity contribution in [3.63, 3.8) is 0 Å². The fraction of sp³-hybridized carbons (Fsp3) is 0.500. The van der Waals surface area contributed by atoms with Gasteiger partial charge in [0.05, 0.1) is 20.1 Å². The summed E-state index contributed by atoms with van der Waals surface area (Å²) in [5, 5.41) is 1.93. The molecule has 1 aromatic carbocycles. The highest BCUT2D eigenvalue weighted by Crippen LogP contribution is 2.41. The van der Waals surface area contributed by atoms with Crippen LogP contribution in [0, 0.1) is 0 Å². The molecule has 0 aromatic heterocycles. The third kappa shape index (κ3) is 3.66. The van der Waals surface area contributed by atoms with Gasteiger partial charge in [-0.2, -0.15) is 0 Å². The first-order chi connectivity index (χ1) is 8.25. The maximum Gasteiger partial charge on any atom is 0.0656 e. The zero-order chi connectivity index (χ0) is 14.0. The van der Waals surface area contributed by atoms with Gasteiger partial charge in [-0.25, -0.2) is 0 Å². The minimum atomic E-state index is 0.483. The number of hydrogen-bond acceptors (Lipinski definition) is 2. The minimum Gasteiger partial charge on any atom is -0.305 e. The van der Waals surface area contributed by atoms with Crippen molar-refractivity contribution >= 4 is 46.4 Å². The maximum atomic E-state index is 6.28. The summed E-state index contributed by atoms with van der Waals surface area (Å²) < 4.78 is 0. The SMILES string of the molecule is CN(C)Cc1c(Cl)c(Cl)c(CN(C)C)c(Cl)c1Cl. The standard InChI is InChI=1S/C12H16Cl4N2/c1-17(2)5-7-9(13)11(15)8(6-18(3)4)12(16)10(7)14/h5-6H2,1-4H3. The molecule has 0 saturated carbocycles. The summed E-state index contributed by atoms with van der Waals surface area (Å²) in [5.74, 6) is 0. The van der Waals surface area contributed by atoms with E-state index in [-0.39, 0.29) is 0 Å². The predicted octanol–water partition coefficient (Wildman–Crippen LogP) is 4.42. The zero-order valence-electron chi connectivity index (χ0n) is 10.8. The van der Waals surface area contributed by atoms with E-state index in [1.54, 1.807) is 0 Å². The summed E-state index contributed by atoms with van der Waals surface area (Å²) in [5.41, 5.74) is 1.53. The van der Waals surface area contributed by atoms with Crippen molar-refractivity contribution in [1.29, 1.82) is 0 Å². The van der Waals surface area contributed by atoms with Crippen molar-refractivity contribution in [3.8, 4) is 0 Å². The first kappa shape index (κ1) is 16.4. The Labute approximate surface area is 128 Å². The van der Waals surface area contributed by atoms with Crippen molar-refractivity contribution in [2.75, 3.05) is 28.2 Å². The maximum absolute atomic E-state index is 6.28. The van der Waals surface area contributed by atoms with E-state index in [2.05, 4.69) is 0 Å². The Kier molecular flexibility index (Phi) is 6.04. The summed E-state index contributed by atoms with van der Waals surface area (Å²) in [6.45, 7) is 1.19. The molecule has 0 aliphatic rings. The Morgan fingerprint density at radius 1 is 0.611 bits per heavy atom. The molecule has 1 rings (SSSR count). The van der Waals surface area contributed by atoms with Crippen molar-refractivity contribution < 1.29 is 0 Å². The molecule has 0 aliphatic heterocycles. The molecule has 0 amide bonds. The van der Waals surface area contributed by atoms with E-state index in [1.165, 1.54) is 0 Å². The number of benzene rings is 1. The molecule has 18 heavy (non-hydrogen) atoms. The monoisotopic (exact) mass is 328 g/mol. The van der Waals surface area contributed by atoms with Gasteiger partial charge in [0.2, 0.25) is 0 Å². The molecule has 0 heterocycles. The van der Waals surface area contributed by atoms with Crippen molar-refractivity contribution in [2.45, 2.75) is 13.1 Å². The average molecular weight is 330 g/mol. The second-order valence-electron chi connectivity index (χ2n) is 4.69. The Hall–Kier alpha value is 0.300. The van der Waals surface area contributed by atoms with Gasteiger partial charge in [-0.3, -0.25) is 0 Å². The van der Waals surface area contributed by atoms with Crippen molar-refractivity contribution in [1.82, 2.24) is 9.80 Å². The van der Waals surface area contributed by atoms with Crippen molar-refractivity contribution in [3.05, 3.63) is 31.2 Å². The van der Waals surface area contributed by atoms with Gasteiger partial charge in [0, 0.05) is 24.2 Å². The average Bonchev–Trinajstić information content (AvgIpc) is 2.27. The molecule has 1 aromatic rings. The molecule has 0 atom stereocenters. The molecule has 0 radical (unpaired) electrons. The number of hydrogen-bond donors (Lipinski definition) is 0. The minimum absolute atomic E-state index is 0.483. The quantitative estimate of drug-likeness (QED) is 0.754. The molecular weight excluding hydrogens is 314 g/mol. The van der Waals surface area contributed by atoms with Gasteiger partial charge in [0.15, 0.2) is 0 Å². The van der Waals surface area contributed by atoms with Gasteiger partial charge >= 0.3 is 0 Å². The van der Waals surface area contributed by atoms with E-state index in [9.17, 15) is 0 Å². The van der Waals surface area contributed by atoms with Crippen LogP contribution in [0.1, 0.15) is 11.1 Å². The van der Waals surface area contributed by atoms with E-state index in [0.717, 1.165) is 11.1 Å². The summed E-state index contributed by atoms with van der Waals surface area (Å²) in [7, 11) is 7.73. The first-order valence-electron chi connectivity index (χ1n) is 5.38. The van der Waals surface area contributed by atoms with Gasteiger partial charge in [-0.05, 0) is 28.2 Å². The number of rotatable bonds is 4. The van der Waals surface area contributed by atoms with Crippen LogP contribution in [0.25, 0.3) is 0 Å². The Morgan fingerprint density at radius 3 is 1.00 bits per heavy atom. The number of nitrogens with zero attached hydrogens (tertiary/aromatic N) is 2. The molecule has 0 unspecified atom stereocenters. The molecule has 102 valence electrons. The van der Waals surface area contributed by atoms with Gasteiger partial charge < -0.3 is 9.80 Å². The van der Waals surface area contributed by atoms with E-state index in [0.29, 0.717) is 33.2 Å². The Balaban J connectivity index is 3.35. The molecule has 0 fully saturated rings. The van der Waals surface area contributed by atoms with Gasteiger partial charge in [-0.15, -0.1) is 0 Å². The Bertz CT molecular complexity index is 374. The highest BCUT2D eigenvalue weighted by molar-refractivity contribution is 6.48. The normalized spacial score (nSPS) is 11.7. The van der Waals surface area contributed by atoms with Crippen molar-refractivity contribution in [2.24, 2.45) is 0 Å². The second kappa shape index (κ2) is 6.65.